The Hall–Kier alpha value is -1.14. The lowest BCUT2D eigenvalue weighted by atomic mass is 10.2. The third kappa shape index (κ3) is 1.71. The Bertz CT molecular complexity index is 690. The van der Waals surface area contributed by atoms with Crippen molar-refractivity contribution in [3.8, 4) is 0 Å². The van der Waals surface area contributed by atoms with E-state index in [9.17, 15) is 4.79 Å². The number of hydrogen-bond donors (Lipinski definition) is 1. The molecule has 1 aliphatic rings. The van der Waals surface area contributed by atoms with Gasteiger partial charge in [-0.15, -0.1) is 0 Å². The van der Waals surface area contributed by atoms with Crippen LogP contribution in [0.15, 0.2) is 22.7 Å². The number of aromatic nitrogens is 2. The van der Waals surface area contributed by atoms with Crippen molar-refractivity contribution in [1.82, 2.24) is 14.5 Å². The lowest BCUT2D eigenvalue weighted by molar-refractivity contribution is -0.129. The molecule has 1 saturated heterocycles. The van der Waals surface area contributed by atoms with Gasteiger partial charge in [0.15, 0.2) is 4.77 Å². The van der Waals surface area contributed by atoms with E-state index in [1.54, 1.807) is 4.90 Å². The average molecular weight is 326 g/mol. The first kappa shape index (κ1) is 11.9. The number of benzene rings is 1. The number of carbonyl (C=O) groups is 1. The van der Waals surface area contributed by atoms with E-state index >= 15 is 0 Å². The average Bonchev–Trinajstić information content (AvgIpc) is 2.80. The van der Waals surface area contributed by atoms with Crippen LogP contribution in [0, 0.1) is 4.77 Å². The summed E-state index contributed by atoms with van der Waals surface area (Å²) in [7, 11) is 1.83. The number of likely N-dealkylation sites (N-methyl/N-ethyl adjacent to an activating group) is 1. The Morgan fingerprint density at radius 1 is 1.50 bits per heavy atom. The van der Waals surface area contributed by atoms with Crippen molar-refractivity contribution < 1.29 is 4.79 Å². The minimum absolute atomic E-state index is 0.134. The van der Waals surface area contributed by atoms with E-state index in [1.807, 2.05) is 29.8 Å². The van der Waals surface area contributed by atoms with Gasteiger partial charge in [-0.25, -0.2) is 0 Å². The number of aromatic amines is 1. The largest absolute Gasteiger partial charge is 0.344 e. The molecule has 1 fully saturated rings. The molecule has 6 heteroatoms. The van der Waals surface area contributed by atoms with Gasteiger partial charge in [0.25, 0.3) is 0 Å². The number of nitrogens with zero attached hydrogens (tertiary/aromatic N) is 2. The molecule has 3 rings (SSSR count). The Morgan fingerprint density at radius 2 is 2.28 bits per heavy atom. The van der Waals surface area contributed by atoms with Crippen molar-refractivity contribution in [1.29, 1.82) is 0 Å². The second-order valence-electron chi connectivity index (χ2n) is 4.53. The fourth-order valence-electron chi connectivity index (χ4n) is 2.46. The Balaban J connectivity index is 2.20. The SMILES string of the molecule is CN1CCC(n2c(=S)[nH]c3cc(Br)ccc32)C1=O. The van der Waals surface area contributed by atoms with E-state index in [-0.39, 0.29) is 11.9 Å². The van der Waals surface area contributed by atoms with Crippen LogP contribution in [-0.4, -0.2) is 34.0 Å². The van der Waals surface area contributed by atoms with Crippen molar-refractivity contribution in [3.63, 3.8) is 0 Å². The van der Waals surface area contributed by atoms with Gasteiger partial charge in [0.1, 0.15) is 6.04 Å². The molecule has 2 aromatic rings. The van der Waals surface area contributed by atoms with Crippen molar-refractivity contribution in [2.75, 3.05) is 13.6 Å². The van der Waals surface area contributed by atoms with Crippen LogP contribution in [-0.2, 0) is 4.79 Å². The van der Waals surface area contributed by atoms with E-state index in [1.165, 1.54) is 0 Å². The van der Waals surface area contributed by atoms with Gasteiger partial charge in [-0.3, -0.25) is 4.79 Å². The third-order valence-electron chi connectivity index (χ3n) is 3.39. The number of nitrogens with one attached hydrogen (secondary N) is 1. The molecule has 1 atom stereocenters. The summed E-state index contributed by atoms with van der Waals surface area (Å²) in [6.45, 7) is 0.786. The van der Waals surface area contributed by atoms with Crippen LogP contribution in [0.1, 0.15) is 12.5 Å². The Kier molecular flexibility index (Phi) is 2.79. The van der Waals surface area contributed by atoms with Crippen LogP contribution in [0.25, 0.3) is 11.0 Å². The number of carbonyl (C=O) groups excluding carboxylic acids is 1. The smallest absolute Gasteiger partial charge is 0.245 e. The summed E-state index contributed by atoms with van der Waals surface area (Å²) in [5, 5.41) is 0. The van der Waals surface area contributed by atoms with Gasteiger partial charge in [0.05, 0.1) is 11.0 Å². The van der Waals surface area contributed by atoms with Crippen molar-refractivity contribution >= 4 is 45.1 Å². The van der Waals surface area contributed by atoms with Crippen LogP contribution >= 0.6 is 28.1 Å². The predicted octanol–water partition coefficient (Wildman–Crippen LogP) is 2.86. The van der Waals surface area contributed by atoms with E-state index in [4.69, 9.17) is 12.2 Å². The molecule has 4 nitrogen and oxygen atoms in total. The normalized spacial score (nSPS) is 20.0. The number of likely N-dealkylation sites (tertiary alicyclic amines) is 1. The van der Waals surface area contributed by atoms with Crippen molar-refractivity contribution in [2.24, 2.45) is 0 Å². The number of H-pyrrole nitrogens is 1. The van der Waals surface area contributed by atoms with E-state index in [0.29, 0.717) is 4.77 Å². The molecule has 94 valence electrons. The highest BCUT2D eigenvalue weighted by atomic mass is 79.9. The van der Waals surface area contributed by atoms with Gasteiger partial charge < -0.3 is 14.5 Å². The van der Waals surface area contributed by atoms with Crippen LogP contribution < -0.4 is 0 Å². The molecule has 1 N–H and O–H groups in total. The standard InChI is InChI=1S/C12H12BrN3OS/c1-15-5-4-10(11(15)17)16-9-3-2-7(13)6-8(9)14-12(16)18/h2-3,6,10H,4-5H2,1H3,(H,14,18). The lowest BCUT2D eigenvalue weighted by Gasteiger charge is -2.12. The summed E-state index contributed by atoms with van der Waals surface area (Å²) in [5.41, 5.74) is 1.94. The van der Waals surface area contributed by atoms with Crippen LogP contribution in [0.3, 0.4) is 0 Å². The zero-order valence-corrected chi connectivity index (χ0v) is 12.2. The fraction of sp³-hybridized carbons (Fsp3) is 0.333. The molecule has 1 aliphatic heterocycles. The second kappa shape index (κ2) is 4.20. The van der Waals surface area contributed by atoms with E-state index < -0.39 is 0 Å². The first-order valence-electron chi connectivity index (χ1n) is 5.72. The van der Waals surface area contributed by atoms with Crippen LogP contribution in [0.5, 0.6) is 0 Å². The summed E-state index contributed by atoms with van der Waals surface area (Å²) < 4.78 is 3.54. The summed E-state index contributed by atoms with van der Waals surface area (Å²) in [6, 6.07) is 5.75. The minimum Gasteiger partial charge on any atom is -0.344 e. The number of hydrogen-bond acceptors (Lipinski definition) is 2. The highest BCUT2D eigenvalue weighted by molar-refractivity contribution is 9.10. The summed E-state index contributed by atoms with van der Waals surface area (Å²) >= 11 is 8.78. The Morgan fingerprint density at radius 3 is 2.94 bits per heavy atom. The van der Waals surface area contributed by atoms with Gasteiger partial charge in [0, 0.05) is 18.1 Å². The number of amides is 1. The summed E-state index contributed by atoms with van der Waals surface area (Å²) in [4.78, 5) is 17.0. The predicted molar refractivity (Wildman–Crippen MR) is 76.1 cm³/mol. The highest BCUT2D eigenvalue weighted by Gasteiger charge is 2.31. The molecule has 1 aromatic heterocycles. The highest BCUT2D eigenvalue weighted by Crippen LogP contribution is 2.28. The second-order valence-corrected chi connectivity index (χ2v) is 5.83. The molecule has 0 bridgehead atoms. The zero-order chi connectivity index (χ0) is 12.9. The lowest BCUT2D eigenvalue weighted by Crippen LogP contribution is -2.24. The topological polar surface area (TPSA) is 41.0 Å². The van der Waals surface area contributed by atoms with Crippen molar-refractivity contribution in [3.05, 3.63) is 27.4 Å². The molecule has 0 aliphatic carbocycles. The molecule has 1 unspecified atom stereocenters. The molecule has 1 aromatic carbocycles. The quantitative estimate of drug-likeness (QED) is 0.819. The molecule has 1 amide bonds. The maximum Gasteiger partial charge on any atom is 0.245 e. The number of halogens is 1. The minimum atomic E-state index is -0.169. The maximum atomic E-state index is 12.1. The number of rotatable bonds is 1. The monoisotopic (exact) mass is 325 g/mol. The molecule has 18 heavy (non-hydrogen) atoms. The summed E-state index contributed by atoms with van der Waals surface area (Å²) in [6.07, 6.45) is 0.812. The van der Waals surface area contributed by atoms with Gasteiger partial charge in [-0.1, -0.05) is 15.9 Å². The molecule has 0 radical (unpaired) electrons. The zero-order valence-electron chi connectivity index (χ0n) is 9.81. The number of fused-ring (bicyclic) bond motifs is 1. The number of imidazole rings is 1. The van der Waals surface area contributed by atoms with Crippen molar-refractivity contribution in [2.45, 2.75) is 12.5 Å². The molecular formula is C12H12BrN3OS. The Labute approximate surface area is 118 Å². The first-order chi connectivity index (χ1) is 8.58. The fourth-order valence-corrected chi connectivity index (χ4v) is 3.15. The third-order valence-corrected chi connectivity index (χ3v) is 4.18. The molecule has 0 spiro atoms. The molecular weight excluding hydrogens is 314 g/mol. The summed E-state index contributed by atoms with van der Waals surface area (Å²) in [5.74, 6) is 0.134. The van der Waals surface area contributed by atoms with Crippen LogP contribution in [0.4, 0.5) is 0 Å². The van der Waals surface area contributed by atoms with Crippen LogP contribution in [0.2, 0.25) is 0 Å². The first-order valence-corrected chi connectivity index (χ1v) is 6.93. The van der Waals surface area contributed by atoms with Gasteiger partial charge in [-0.05, 0) is 36.8 Å². The van der Waals surface area contributed by atoms with Gasteiger partial charge in [-0.2, -0.15) is 0 Å². The van der Waals surface area contributed by atoms with Gasteiger partial charge >= 0.3 is 0 Å². The molecule has 0 saturated carbocycles. The van der Waals surface area contributed by atoms with Gasteiger partial charge in [0.2, 0.25) is 5.91 Å². The molecule has 2 heterocycles. The van der Waals surface area contributed by atoms with E-state index in [0.717, 1.165) is 28.5 Å². The van der Waals surface area contributed by atoms with E-state index in [2.05, 4.69) is 20.9 Å². The maximum absolute atomic E-state index is 12.1.